The van der Waals surface area contributed by atoms with Crippen LogP contribution in [0.25, 0.3) is 20.7 Å². The number of anilines is 1. The van der Waals surface area contributed by atoms with E-state index < -0.39 is 0 Å². The molecule has 9 heteroatoms. The lowest BCUT2D eigenvalue weighted by Crippen LogP contribution is -2.39. The van der Waals surface area contributed by atoms with Crippen molar-refractivity contribution in [3.8, 4) is 10.4 Å². The van der Waals surface area contributed by atoms with Crippen molar-refractivity contribution in [3.63, 3.8) is 0 Å². The maximum absolute atomic E-state index is 11.1. The molecule has 3 aromatic rings. The number of nitrogens with one attached hydrogen (secondary N) is 3. The van der Waals surface area contributed by atoms with Gasteiger partial charge in [0.15, 0.2) is 10.9 Å². The number of esters is 1. The number of aromatic nitrogens is 2. The van der Waals surface area contributed by atoms with Crippen LogP contribution in [0.3, 0.4) is 0 Å². The number of hydrogen-bond acceptors (Lipinski definition) is 7. The second-order valence-electron chi connectivity index (χ2n) is 5.25. The Balaban J connectivity index is 1.66. The minimum atomic E-state index is -0.294. The van der Waals surface area contributed by atoms with Crippen molar-refractivity contribution in [2.24, 2.45) is 0 Å². The SMILES string of the molecule is COC(=O)CCNC(=S)NNc1ncnc2cc(-c3ccccc3)sc12. The smallest absolute Gasteiger partial charge is 0.307 e. The van der Waals surface area contributed by atoms with Gasteiger partial charge in [-0.2, -0.15) is 0 Å². The van der Waals surface area contributed by atoms with Crippen LogP contribution in [-0.4, -0.2) is 34.7 Å². The van der Waals surface area contributed by atoms with Crippen LogP contribution in [0.15, 0.2) is 42.7 Å². The molecule has 2 aromatic heterocycles. The van der Waals surface area contributed by atoms with Crippen LogP contribution >= 0.6 is 23.6 Å². The summed E-state index contributed by atoms with van der Waals surface area (Å²) in [4.78, 5) is 20.8. The second kappa shape index (κ2) is 8.54. The highest BCUT2D eigenvalue weighted by Gasteiger charge is 2.10. The predicted octanol–water partition coefficient (Wildman–Crippen LogP) is 2.71. The summed E-state index contributed by atoms with van der Waals surface area (Å²) in [5, 5.41) is 3.28. The third kappa shape index (κ3) is 4.44. The lowest BCUT2D eigenvalue weighted by atomic mass is 10.2. The molecule has 134 valence electrons. The van der Waals surface area contributed by atoms with Crippen molar-refractivity contribution in [2.45, 2.75) is 6.42 Å². The molecule has 0 spiro atoms. The van der Waals surface area contributed by atoms with E-state index in [0.29, 0.717) is 17.5 Å². The fraction of sp³-hybridized carbons (Fsp3) is 0.176. The molecule has 0 aliphatic rings. The first-order valence-corrected chi connectivity index (χ1v) is 9.06. The number of fused-ring (bicyclic) bond motifs is 1. The van der Waals surface area contributed by atoms with E-state index in [0.717, 1.165) is 20.7 Å². The van der Waals surface area contributed by atoms with Crippen LogP contribution in [0.2, 0.25) is 0 Å². The number of rotatable bonds is 6. The van der Waals surface area contributed by atoms with Gasteiger partial charge in [0.1, 0.15) is 6.33 Å². The van der Waals surface area contributed by atoms with Gasteiger partial charge in [-0.3, -0.25) is 15.6 Å². The number of hydrogen-bond donors (Lipinski definition) is 3. The summed E-state index contributed by atoms with van der Waals surface area (Å²) < 4.78 is 5.50. The summed E-state index contributed by atoms with van der Waals surface area (Å²) in [5.41, 5.74) is 7.85. The molecule has 1 aromatic carbocycles. The Kier molecular flexibility index (Phi) is 5.92. The molecule has 7 nitrogen and oxygen atoms in total. The summed E-state index contributed by atoms with van der Waals surface area (Å²) in [6.45, 7) is 0.385. The highest BCUT2D eigenvalue weighted by Crippen LogP contribution is 2.35. The normalized spacial score (nSPS) is 10.3. The van der Waals surface area contributed by atoms with E-state index in [1.807, 2.05) is 24.3 Å². The number of hydrazine groups is 1. The summed E-state index contributed by atoms with van der Waals surface area (Å²) in [6.07, 6.45) is 1.74. The number of thiocarbonyl (C=S) groups is 1. The van der Waals surface area contributed by atoms with Gasteiger partial charge in [-0.15, -0.1) is 11.3 Å². The van der Waals surface area contributed by atoms with E-state index in [2.05, 4.69) is 43.0 Å². The standard InChI is InChI=1S/C17H17N5O2S2/c1-24-14(23)7-8-18-17(25)22-21-16-15-12(19-10-20-16)9-13(26-15)11-5-3-2-4-6-11/h2-6,9-10H,7-8H2,1H3,(H2,18,22,25)(H,19,20,21). The summed E-state index contributed by atoms with van der Waals surface area (Å²) in [6, 6.07) is 12.2. The van der Waals surface area contributed by atoms with Crippen LogP contribution in [0.5, 0.6) is 0 Å². The molecule has 0 bridgehead atoms. The Morgan fingerprint density at radius 2 is 2.08 bits per heavy atom. The van der Waals surface area contributed by atoms with Crippen LogP contribution < -0.4 is 16.2 Å². The minimum Gasteiger partial charge on any atom is -0.469 e. The molecular formula is C17H17N5O2S2. The molecule has 0 radical (unpaired) electrons. The minimum absolute atomic E-state index is 0.238. The first-order chi connectivity index (χ1) is 12.7. The molecule has 0 unspecified atom stereocenters. The van der Waals surface area contributed by atoms with Crippen LogP contribution in [-0.2, 0) is 9.53 Å². The number of benzene rings is 1. The molecule has 3 rings (SSSR count). The summed E-state index contributed by atoms with van der Waals surface area (Å²) in [7, 11) is 1.35. The monoisotopic (exact) mass is 387 g/mol. The fourth-order valence-corrected chi connectivity index (χ4v) is 3.44. The van der Waals surface area contributed by atoms with Gasteiger partial charge in [-0.05, 0) is 23.8 Å². The van der Waals surface area contributed by atoms with Gasteiger partial charge in [0.2, 0.25) is 0 Å². The molecule has 3 N–H and O–H groups in total. The van der Waals surface area contributed by atoms with Crippen molar-refractivity contribution >= 4 is 50.7 Å². The molecule has 0 saturated heterocycles. The Morgan fingerprint density at radius 3 is 2.85 bits per heavy atom. The number of thiophene rings is 1. The highest BCUT2D eigenvalue weighted by molar-refractivity contribution is 7.80. The number of carbonyl (C=O) groups is 1. The third-order valence-electron chi connectivity index (χ3n) is 3.51. The van der Waals surface area contributed by atoms with E-state index in [4.69, 9.17) is 12.2 Å². The topological polar surface area (TPSA) is 88.2 Å². The van der Waals surface area contributed by atoms with Crippen LogP contribution in [0, 0.1) is 0 Å². The molecule has 0 saturated carbocycles. The van der Waals surface area contributed by atoms with Crippen LogP contribution in [0.4, 0.5) is 5.82 Å². The molecule has 0 amide bonds. The quantitative estimate of drug-likeness (QED) is 0.338. The molecule has 2 heterocycles. The predicted molar refractivity (Wildman–Crippen MR) is 107 cm³/mol. The van der Waals surface area contributed by atoms with Crippen LogP contribution in [0.1, 0.15) is 6.42 Å². The fourth-order valence-electron chi connectivity index (χ4n) is 2.23. The van der Waals surface area contributed by atoms with Crippen molar-refractivity contribution < 1.29 is 9.53 Å². The van der Waals surface area contributed by atoms with Gasteiger partial charge in [0, 0.05) is 11.4 Å². The summed E-state index contributed by atoms with van der Waals surface area (Å²) in [5.74, 6) is 0.345. The third-order valence-corrected chi connectivity index (χ3v) is 4.93. The largest absolute Gasteiger partial charge is 0.469 e. The maximum atomic E-state index is 11.1. The van der Waals surface area contributed by atoms with Gasteiger partial charge in [0.05, 0.1) is 23.7 Å². The summed E-state index contributed by atoms with van der Waals surface area (Å²) >= 11 is 6.77. The van der Waals surface area contributed by atoms with Crippen molar-refractivity contribution in [1.82, 2.24) is 20.7 Å². The van der Waals surface area contributed by atoms with E-state index in [-0.39, 0.29) is 12.4 Å². The number of methoxy groups -OCH3 is 1. The lowest BCUT2D eigenvalue weighted by molar-refractivity contribution is -0.140. The van der Waals surface area contributed by atoms with Crippen molar-refractivity contribution in [3.05, 3.63) is 42.7 Å². The van der Waals surface area contributed by atoms with E-state index >= 15 is 0 Å². The van der Waals surface area contributed by atoms with Gasteiger partial charge in [-0.1, -0.05) is 30.3 Å². The molecular weight excluding hydrogens is 370 g/mol. The zero-order valence-corrected chi connectivity index (χ0v) is 15.6. The number of ether oxygens (including phenoxy) is 1. The number of carbonyl (C=O) groups excluding carboxylic acids is 1. The van der Waals surface area contributed by atoms with E-state index in [1.54, 1.807) is 11.3 Å². The lowest BCUT2D eigenvalue weighted by Gasteiger charge is -2.11. The molecule has 0 aliphatic carbocycles. The van der Waals surface area contributed by atoms with Gasteiger partial charge >= 0.3 is 5.97 Å². The van der Waals surface area contributed by atoms with E-state index in [9.17, 15) is 4.79 Å². The maximum Gasteiger partial charge on any atom is 0.307 e. The average Bonchev–Trinajstić information content (AvgIpc) is 3.11. The molecule has 26 heavy (non-hydrogen) atoms. The molecule has 0 aliphatic heterocycles. The highest BCUT2D eigenvalue weighted by atomic mass is 32.1. The molecule has 0 fully saturated rings. The second-order valence-corrected chi connectivity index (χ2v) is 6.71. The zero-order valence-electron chi connectivity index (χ0n) is 14.0. The van der Waals surface area contributed by atoms with E-state index in [1.165, 1.54) is 13.4 Å². The molecule has 0 atom stereocenters. The Hall–Kier alpha value is -2.78. The van der Waals surface area contributed by atoms with Gasteiger partial charge in [-0.25, -0.2) is 9.97 Å². The zero-order chi connectivity index (χ0) is 18.4. The number of nitrogens with zero attached hydrogens (tertiary/aromatic N) is 2. The first kappa shape index (κ1) is 18.0. The van der Waals surface area contributed by atoms with Crippen molar-refractivity contribution in [1.29, 1.82) is 0 Å². The Morgan fingerprint density at radius 1 is 1.27 bits per heavy atom. The Labute approximate surface area is 159 Å². The Bertz CT molecular complexity index is 914. The van der Waals surface area contributed by atoms with Gasteiger partial charge in [0.25, 0.3) is 0 Å². The van der Waals surface area contributed by atoms with Crippen molar-refractivity contribution in [2.75, 3.05) is 19.1 Å². The van der Waals surface area contributed by atoms with Gasteiger partial charge < -0.3 is 10.1 Å². The first-order valence-electron chi connectivity index (χ1n) is 7.84. The average molecular weight is 387 g/mol.